The Morgan fingerprint density at radius 1 is 0.451 bits per heavy atom. The van der Waals surface area contributed by atoms with E-state index in [0.717, 1.165) is 0 Å². The minimum absolute atomic E-state index is 0.0378. The molecule has 51 heavy (non-hydrogen) atoms. The Hall–Kier alpha value is -3.91. The van der Waals surface area contributed by atoms with Gasteiger partial charge in [-0.15, -0.1) is 0 Å². The molecule has 0 saturated heterocycles. The number of alkyl halides is 15. The molecular formula is C31H19F15O3S2. The zero-order valence-electron chi connectivity index (χ0n) is 25.2. The third-order valence-corrected chi connectivity index (χ3v) is 10.1. The van der Waals surface area contributed by atoms with Crippen molar-refractivity contribution in [2.24, 2.45) is 0 Å². The van der Waals surface area contributed by atoms with Crippen molar-refractivity contribution in [2.45, 2.75) is 64.3 Å². The van der Waals surface area contributed by atoms with Crippen molar-refractivity contribution < 1.29 is 78.8 Å². The summed E-state index contributed by atoms with van der Waals surface area (Å²) in [7, 11) is -7.55. The van der Waals surface area contributed by atoms with Crippen molar-refractivity contribution in [1.29, 1.82) is 0 Å². The van der Waals surface area contributed by atoms with Crippen molar-refractivity contribution >= 4 is 21.0 Å². The van der Waals surface area contributed by atoms with Gasteiger partial charge >= 0.3 is 30.9 Å². The van der Waals surface area contributed by atoms with Crippen LogP contribution in [0.1, 0.15) is 38.9 Å². The van der Waals surface area contributed by atoms with Crippen LogP contribution in [0.15, 0.2) is 98.4 Å². The number of aryl methyl sites for hydroxylation is 2. The van der Waals surface area contributed by atoms with Gasteiger partial charge in [0.25, 0.3) is 0 Å². The van der Waals surface area contributed by atoms with Crippen molar-refractivity contribution in [3.63, 3.8) is 0 Å². The van der Waals surface area contributed by atoms with Gasteiger partial charge in [0.15, 0.2) is 14.7 Å². The molecule has 0 atom stereocenters. The zero-order chi connectivity index (χ0) is 39.1. The number of hydrogen-bond acceptors (Lipinski definition) is 3. The first kappa shape index (κ1) is 41.5. The van der Waals surface area contributed by atoms with Crippen LogP contribution in [0, 0.1) is 13.8 Å². The quantitative estimate of drug-likeness (QED) is 0.118. The number of halogens is 15. The highest BCUT2D eigenvalue weighted by molar-refractivity contribution is 7.97. The van der Waals surface area contributed by atoms with Crippen LogP contribution in [-0.4, -0.2) is 13.0 Å². The number of rotatable bonds is 4. The first-order valence-corrected chi connectivity index (χ1v) is 16.1. The normalized spacial score (nSPS) is 13.2. The summed E-state index contributed by atoms with van der Waals surface area (Å²) >= 11 is 0. The average Bonchev–Trinajstić information content (AvgIpc) is 2.96. The maximum Gasteiger partial charge on any atom is 0.418 e. The highest BCUT2D eigenvalue weighted by atomic mass is 32.2. The molecule has 0 aliphatic heterocycles. The second kappa shape index (κ2) is 14.3. The smallest absolute Gasteiger partial charge is 0.418 e. The lowest BCUT2D eigenvalue weighted by molar-refractivity contribution is -0.191. The summed E-state index contributed by atoms with van der Waals surface area (Å²) in [6.07, 6.45) is -35.6. The zero-order valence-corrected chi connectivity index (χ0v) is 26.8. The lowest BCUT2D eigenvalue weighted by atomic mass is 9.89. The molecular weight excluding hydrogens is 769 g/mol. The lowest BCUT2D eigenvalue weighted by Crippen LogP contribution is -2.34. The molecule has 0 N–H and O–H groups in total. The van der Waals surface area contributed by atoms with E-state index in [1.807, 2.05) is 0 Å². The molecule has 0 aromatic heterocycles. The van der Waals surface area contributed by atoms with Crippen molar-refractivity contribution in [3.05, 3.63) is 118 Å². The maximum atomic E-state index is 13.0. The van der Waals surface area contributed by atoms with E-state index < -0.39 is 73.7 Å². The molecule has 0 saturated carbocycles. The molecule has 0 heterocycles. The molecule has 0 unspecified atom stereocenters. The van der Waals surface area contributed by atoms with Crippen LogP contribution >= 0.6 is 0 Å². The molecule has 3 nitrogen and oxygen atoms in total. The molecule has 0 bridgehead atoms. The predicted octanol–water partition coefficient (Wildman–Crippen LogP) is 11.1. The molecule has 0 spiro atoms. The first-order valence-electron chi connectivity index (χ1n) is 13.5. The second-order valence-electron chi connectivity index (χ2n) is 10.3. The van der Waals surface area contributed by atoms with Gasteiger partial charge in [-0.1, -0.05) is 54.6 Å². The van der Waals surface area contributed by atoms with Gasteiger partial charge in [0.2, 0.25) is 0 Å². The van der Waals surface area contributed by atoms with Gasteiger partial charge < -0.3 is 4.55 Å². The lowest BCUT2D eigenvalue weighted by Gasteiger charge is -2.31. The van der Waals surface area contributed by atoms with Gasteiger partial charge in [-0.25, -0.2) is 8.42 Å². The van der Waals surface area contributed by atoms with Gasteiger partial charge in [-0.2, -0.15) is 65.9 Å². The number of hydrogen-bond donors (Lipinski definition) is 0. The molecule has 4 rings (SSSR count). The fraction of sp³-hybridized carbons (Fsp3) is 0.226. The van der Waals surface area contributed by atoms with E-state index in [9.17, 15) is 78.8 Å². The molecule has 0 radical (unpaired) electrons. The average molecular weight is 789 g/mol. The molecule has 0 aliphatic carbocycles. The van der Waals surface area contributed by atoms with Gasteiger partial charge in [-0.3, -0.25) is 0 Å². The molecule has 278 valence electrons. The Balaban J connectivity index is 0.000000291. The van der Waals surface area contributed by atoms with Gasteiger partial charge in [0.1, 0.15) is 10.1 Å². The molecule has 20 heteroatoms. The minimum atomic E-state index is -7.52. The van der Waals surface area contributed by atoms with E-state index in [-0.39, 0.29) is 10.9 Å². The largest absolute Gasteiger partial charge is 0.744 e. The Bertz CT molecular complexity index is 1850. The fourth-order valence-corrected chi connectivity index (χ4v) is 8.29. The highest BCUT2D eigenvalue weighted by Gasteiger charge is 2.61. The Morgan fingerprint density at radius 3 is 0.980 bits per heavy atom. The van der Waals surface area contributed by atoms with Crippen molar-refractivity contribution in [3.8, 4) is 0 Å². The van der Waals surface area contributed by atoms with Crippen molar-refractivity contribution in [1.82, 2.24) is 0 Å². The Morgan fingerprint density at radius 2 is 0.725 bits per heavy atom. The summed E-state index contributed by atoms with van der Waals surface area (Å²) in [5.74, 6) is 0. The topological polar surface area (TPSA) is 57.2 Å². The Labute approximate surface area is 281 Å². The van der Waals surface area contributed by atoms with Crippen LogP contribution in [0.2, 0.25) is 0 Å². The highest BCUT2D eigenvalue weighted by Crippen LogP contribution is 2.57. The van der Waals surface area contributed by atoms with Gasteiger partial charge in [0.05, 0.1) is 43.6 Å². The predicted molar refractivity (Wildman–Crippen MR) is 150 cm³/mol. The van der Waals surface area contributed by atoms with Crippen LogP contribution in [0.5, 0.6) is 0 Å². The third-order valence-electron chi connectivity index (χ3n) is 6.69. The van der Waals surface area contributed by atoms with E-state index in [4.69, 9.17) is 0 Å². The SMILES string of the molecule is Cc1cccc(C)c1[S+](c1ccccc1)c1ccccc1.O=S(=O)([O-])c1c(C(F)(F)F)c(C(F)(F)F)c(C(F)(F)F)c(C(F)(F)F)c1C(F)(F)F. The Kier molecular flexibility index (Phi) is 11.6. The first-order chi connectivity index (χ1) is 23.0. The summed E-state index contributed by atoms with van der Waals surface area (Å²) in [5, 5.41) is 0. The summed E-state index contributed by atoms with van der Waals surface area (Å²) in [5.41, 5.74) is -19.4. The molecule has 0 fully saturated rings. The summed E-state index contributed by atoms with van der Waals surface area (Å²) in [6, 6.07) is 28.2. The van der Waals surface area contributed by atoms with Crippen LogP contribution in [0.3, 0.4) is 0 Å². The van der Waals surface area contributed by atoms with Gasteiger partial charge in [0, 0.05) is 11.1 Å². The van der Waals surface area contributed by atoms with E-state index in [1.165, 1.54) is 25.8 Å². The van der Waals surface area contributed by atoms with Gasteiger partial charge in [-0.05, 0) is 38.1 Å². The van der Waals surface area contributed by atoms with Crippen LogP contribution in [-0.2, 0) is 51.9 Å². The number of benzene rings is 4. The van der Waals surface area contributed by atoms with Crippen LogP contribution < -0.4 is 0 Å². The van der Waals surface area contributed by atoms with E-state index in [1.54, 1.807) is 0 Å². The fourth-order valence-electron chi connectivity index (χ4n) is 4.97. The van der Waals surface area contributed by atoms with E-state index in [2.05, 4.69) is 92.7 Å². The van der Waals surface area contributed by atoms with Crippen LogP contribution in [0.4, 0.5) is 65.9 Å². The van der Waals surface area contributed by atoms with Crippen molar-refractivity contribution in [2.75, 3.05) is 0 Å². The standard InChI is InChI=1S/C20H19S.C11HF15O3S/c1-16-10-9-11-17(2)20(16)21(18-12-5-3-6-13-18)19-14-7-4-8-15-19;12-7(13,14)1-2(8(15,16)17)4(10(21,22)23)6(30(27,28)29)5(11(24,25)26)3(1)9(18,19)20/h3-15H,1-2H3;(H,27,28,29)/q+1;/p-1. The van der Waals surface area contributed by atoms with E-state index >= 15 is 0 Å². The molecule has 4 aromatic rings. The maximum absolute atomic E-state index is 13.0. The summed E-state index contributed by atoms with van der Waals surface area (Å²) in [6.45, 7) is 4.43. The van der Waals surface area contributed by atoms with Crippen LogP contribution in [0.25, 0.3) is 0 Å². The third kappa shape index (κ3) is 9.31. The molecule has 4 aromatic carbocycles. The second-order valence-corrected chi connectivity index (χ2v) is 13.6. The molecule has 0 amide bonds. The van der Waals surface area contributed by atoms with E-state index in [0.29, 0.717) is 0 Å². The monoisotopic (exact) mass is 788 g/mol. The molecule has 0 aliphatic rings. The summed E-state index contributed by atoms with van der Waals surface area (Å²) in [4.78, 5) is 0.0206. The summed E-state index contributed by atoms with van der Waals surface area (Å²) < 4.78 is 228. The minimum Gasteiger partial charge on any atom is -0.744 e.